The summed E-state index contributed by atoms with van der Waals surface area (Å²) >= 11 is 5.08. The van der Waals surface area contributed by atoms with Crippen molar-refractivity contribution in [3.63, 3.8) is 0 Å². The van der Waals surface area contributed by atoms with E-state index in [9.17, 15) is 0 Å². The Morgan fingerprint density at radius 3 is 2.94 bits per heavy atom. The van der Waals surface area contributed by atoms with Gasteiger partial charge >= 0.3 is 0 Å². The molecule has 0 aliphatic heterocycles. The number of hydrogen-bond donors (Lipinski definition) is 1. The van der Waals surface area contributed by atoms with Crippen molar-refractivity contribution in [1.82, 2.24) is 9.55 Å². The number of nitrogens with zero attached hydrogens (tertiary/aromatic N) is 2. The average molecular weight is 298 g/mol. The zero-order valence-electron chi connectivity index (χ0n) is 8.85. The maximum absolute atomic E-state index is 5.82. The van der Waals surface area contributed by atoms with E-state index in [1.54, 1.807) is 18.0 Å². The van der Waals surface area contributed by atoms with Gasteiger partial charge in [0, 0.05) is 35.4 Å². The molecule has 0 bridgehead atoms. The highest BCUT2D eigenvalue weighted by molar-refractivity contribution is 9.10. The molecule has 0 radical (unpaired) electrons. The number of benzene rings is 1. The minimum absolute atomic E-state index is 0.776. The van der Waals surface area contributed by atoms with Crippen molar-refractivity contribution in [2.75, 3.05) is 5.73 Å². The van der Waals surface area contributed by atoms with Gasteiger partial charge in [0.2, 0.25) is 0 Å². The minimum atomic E-state index is 0.776. The van der Waals surface area contributed by atoms with E-state index in [-0.39, 0.29) is 0 Å². The second-order valence-corrected chi connectivity index (χ2v) is 5.26. The summed E-state index contributed by atoms with van der Waals surface area (Å²) in [6.07, 6.45) is 3.75. The van der Waals surface area contributed by atoms with Gasteiger partial charge in [-0.1, -0.05) is 17.8 Å². The maximum Gasteiger partial charge on any atom is 0.167 e. The molecule has 0 amide bonds. The number of aromatic nitrogens is 2. The third kappa shape index (κ3) is 2.59. The Morgan fingerprint density at radius 1 is 1.50 bits per heavy atom. The Balaban J connectivity index is 2.05. The summed E-state index contributed by atoms with van der Waals surface area (Å²) in [4.78, 5) is 4.26. The normalized spacial score (nSPS) is 10.6. The largest absolute Gasteiger partial charge is 0.398 e. The second-order valence-electron chi connectivity index (χ2n) is 3.47. The van der Waals surface area contributed by atoms with Crippen molar-refractivity contribution in [1.29, 1.82) is 0 Å². The van der Waals surface area contributed by atoms with Crippen LogP contribution in [0.15, 0.2) is 40.2 Å². The standard InChI is InChI=1S/C11H12BrN3S/c1-15-5-4-14-11(15)16-7-8-2-3-9(12)10(13)6-8/h2-6H,7,13H2,1H3. The number of nitrogens with two attached hydrogens (primary N) is 1. The van der Waals surface area contributed by atoms with E-state index in [2.05, 4.69) is 27.0 Å². The summed E-state index contributed by atoms with van der Waals surface area (Å²) in [6.45, 7) is 0. The van der Waals surface area contributed by atoms with Gasteiger partial charge in [0.25, 0.3) is 0 Å². The quantitative estimate of drug-likeness (QED) is 0.699. The van der Waals surface area contributed by atoms with Crippen LogP contribution in [-0.2, 0) is 12.8 Å². The molecule has 2 rings (SSSR count). The van der Waals surface area contributed by atoms with Gasteiger partial charge in [-0.15, -0.1) is 0 Å². The molecule has 5 heteroatoms. The third-order valence-electron chi connectivity index (χ3n) is 2.21. The van der Waals surface area contributed by atoms with Gasteiger partial charge in [0.05, 0.1) is 0 Å². The summed E-state index contributed by atoms with van der Waals surface area (Å²) in [7, 11) is 1.99. The van der Waals surface area contributed by atoms with Crippen molar-refractivity contribution in [2.45, 2.75) is 10.9 Å². The molecule has 0 atom stereocenters. The lowest BCUT2D eigenvalue weighted by atomic mass is 10.2. The summed E-state index contributed by atoms with van der Waals surface area (Å²) in [6, 6.07) is 6.03. The van der Waals surface area contributed by atoms with Gasteiger partial charge in [-0.2, -0.15) is 0 Å². The molecule has 0 aliphatic carbocycles. The molecule has 0 saturated carbocycles. The van der Waals surface area contributed by atoms with E-state index < -0.39 is 0 Å². The van der Waals surface area contributed by atoms with Gasteiger partial charge in [0.1, 0.15) is 0 Å². The first-order valence-corrected chi connectivity index (χ1v) is 6.58. The molecule has 1 aromatic heterocycles. The molecule has 16 heavy (non-hydrogen) atoms. The SMILES string of the molecule is Cn1ccnc1SCc1ccc(Br)c(N)c1. The van der Waals surface area contributed by atoms with Crippen molar-refractivity contribution >= 4 is 33.4 Å². The topological polar surface area (TPSA) is 43.8 Å². The third-order valence-corrected chi connectivity index (χ3v) is 4.06. The van der Waals surface area contributed by atoms with Gasteiger partial charge in [-0.25, -0.2) is 4.98 Å². The van der Waals surface area contributed by atoms with Crippen LogP contribution in [0, 0.1) is 0 Å². The molecule has 3 nitrogen and oxygen atoms in total. The zero-order valence-corrected chi connectivity index (χ0v) is 11.3. The van der Waals surface area contributed by atoms with Crippen molar-refractivity contribution in [3.8, 4) is 0 Å². The fraction of sp³-hybridized carbons (Fsp3) is 0.182. The first-order chi connectivity index (χ1) is 7.66. The molecule has 0 spiro atoms. The van der Waals surface area contributed by atoms with E-state index in [4.69, 9.17) is 5.73 Å². The van der Waals surface area contributed by atoms with Crippen molar-refractivity contribution in [2.24, 2.45) is 7.05 Å². The van der Waals surface area contributed by atoms with E-state index in [0.29, 0.717) is 0 Å². The highest BCUT2D eigenvalue weighted by Gasteiger charge is 2.02. The van der Waals surface area contributed by atoms with Crippen LogP contribution in [0.3, 0.4) is 0 Å². The lowest BCUT2D eigenvalue weighted by Gasteiger charge is -2.04. The van der Waals surface area contributed by atoms with Crippen LogP contribution in [0.4, 0.5) is 5.69 Å². The fourth-order valence-electron chi connectivity index (χ4n) is 1.32. The second kappa shape index (κ2) is 4.93. The van der Waals surface area contributed by atoms with Gasteiger partial charge < -0.3 is 10.3 Å². The fourth-order valence-corrected chi connectivity index (χ4v) is 2.44. The summed E-state index contributed by atoms with van der Waals surface area (Å²) in [5, 5.41) is 1.02. The Labute approximate surface area is 107 Å². The average Bonchev–Trinajstić information content (AvgIpc) is 2.66. The molecular weight excluding hydrogens is 286 g/mol. The number of imidazole rings is 1. The van der Waals surface area contributed by atoms with Crippen LogP contribution in [0.2, 0.25) is 0 Å². The van der Waals surface area contributed by atoms with Crippen molar-refractivity contribution in [3.05, 3.63) is 40.6 Å². The molecule has 0 aliphatic rings. The van der Waals surface area contributed by atoms with Crippen LogP contribution >= 0.6 is 27.7 Å². The van der Waals surface area contributed by atoms with Gasteiger partial charge in [-0.05, 0) is 33.6 Å². The zero-order chi connectivity index (χ0) is 11.5. The summed E-state index contributed by atoms with van der Waals surface area (Å²) in [5.74, 6) is 0.877. The van der Waals surface area contributed by atoms with E-state index in [0.717, 1.165) is 21.1 Å². The molecule has 1 heterocycles. The lowest BCUT2D eigenvalue weighted by molar-refractivity contribution is 0.790. The Kier molecular flexibility index (Phi) is 3.56. The highest BCUT2D eigenvalue weighted by atomic mass is 79.9. The number of halogens is 1. The smallest absolute Gasteiger partial charge is 0.167 e. The molecular formula is C11H12BrN3S. The number of thioether (sulfide) groups is 1. The van der Waals surface area contributed by atoms with Crippen molar-refractivity contribution < 1.29 is 0 Å². The van der Waals surface area contributed by atoms with Crippen LogP contribution in [0.25, 0.3) is 0 Å². The number of aryl methyl sites for hydroxylation is 1. The predicted octanol–water partition coefficient (Wildman–Crippen LogP) is 3.06. The molecule has 2 aromatic rings. The van der Waals surface area contributed by atoms with E-state index in [1.807, 2.05) is 29.9 Å². The first kappa shape index (κ1) is 11.5. The highest BCUT2D eigenvalue weighted by Crippen LogP contribution is 2.25. The molecule has 84 valence electrons. The Morgan fingerprint density at radius 2 is 2.31 bits per heavy atom. The van der Waals surface area contributed by atoms with E-state index >= 15 is 0 Å². The molecule has 0 fully saturated rings. The molecule has 1 aromatic carbocycles. The van der Waals surface area contributed by atoms with Crippen LogP contribution in [0.1, 0.15) is 5.56 Å². The minimum Gasteiger partial charge on any atom is -0.398 e. The Hall–Kier alpha value is -0.940. The number of nitrogen functional groups attached to an aromatic ring is 1. The monoisotopic (exact) mass is 297 g/mol. The summed E-state index contributed by atoms with van der Waals surface area (Å²) < 4.78 is 2.95. The number of hydrogen-bond acceptors (Lipinski definition) is 3. The van der Waals surface area contributed by atoms with Crippen LogP contribution in [-0.4, -0.2) is 9.55 Å². The molecule has 0 unspecified atom stereocenters. The summed E-state index contributed by atoms with van der Waals surface area (Å²) in [5.41, 5.74) is 7.80. The lowest BCUT2D eigenvalue weighted by Crippen LogP contribution is -1.92. The van der Waals surface area contributed by atoms with Gasteiger partial charge in [0.15, 0.2) is 5.16 Å². The predicted molar refractivity (Wildman–Crippen MR) is 71.3 cm³/mol. The first-order valence-electron chi connectivity index (χ1n) is 4.81. The molecule has 2 N–H and O–H groups in total. The number of anilines is 1. The maximum atomic E-state index is 5.82. The van der Waals surface area contributed by atoms with Gasteiger partial charge in [-0.3, -0.25) is 0 Å². The van der Waals surface area contributed by atoms with Crippen LogP contribution < -0.4 is 5.73 Å². The number of rotatable bonds is 3. The van der Waals surface area contributed by atoms with Crippen LogP contribution in [0.5, 0.6) is 0 Å². The van der Waals surface area contributed by atoms with E-state index in [1.165, 1.54) is 5.56 Å². The Bertz CT molecular complexity index is 496. The molecule has 0 saturated heterocycles.